The van der Waals surface area contributed by atoms with E-state index in [2.05, 4.69) is 20.1 Å². The van der Waals surface area contributed by atoms with Crippen LogP contribution in [0, 0.1) is 10.1 Å². The van der Waals surface area contributed by atoms with Gasteiger partial charge in [-0.3, -0.25) is 20.3 Å². The third kappa shape index (κ3) is 6.40. The number of phenolic OH excluding ortho intramolecular Hbond substituents is 1. The number of hydrazone groups is 1. The number of nitrogens with zero attached hydrogens (tertiary/aromatic N) is 3. The molecule has 0 spiro atoms. The van der Waals surface area contributed by atoms with Crippen LogP contribution in [0.5, 0.6) is 5.75 Å². The molecule has 0 aliphatic carbocycles. The smallest absolute Gasteiger partial charge is 0.295 e. The van der Waals surface area contributed by atoms with E-state index in [1.54, 1.807) is 12.1 Å². The van der Waals surface area contributed by atoms with Gasteiger partial charge >= 0.3 is 0 Å². The third-order valence-corrected chi connectivity index (χ3v) is 6.73. The van der Waals surface area contributed by atoms with Gasteiger partial charge in [-0.05, 0) is 62.4 Å². The van der Waals surface area contributed by atoms with Crippen molar-refractivity contribution in [2.24, 2.45) is 5.10 Å². The predicted molar refractivity (Wildman–Crippen MR) is 138 cm³/mol. The van der Waals surface area contributed by atoms with Crippen LogP contribution in [-0.2, 0) is 10.0 Å². The van der Waals surface area contributed by atoms with Gasteiger partial charge in [0, 0.05) is 47.2 Å². The number of aromatic hydroxyl groups is 1. The number of benzene rings is 3. The van der Waals surface area contributed by atoms with E-state index in [9.17, 15) is 23.6 Å². The summed E-state index contributed by atoms with van der Waals surface area (Å²) in [5.41, 5.74) is 3.56. The number of hydrogen-bond donors (Lipinski definition) is 3. The lowest BCUT2D eigenvalue weighted by molar-refractivity contribution is -0.384. The van der Waals surface area contributed by atoms with Crippen LogP contribution in [-0.4, -0.2) is 37.8 Å². The van der Waals surface area contributed by atoms with Crippen LogP contribution in [0.1, 0.15) is 19.4 Å². The Kier molecular flexibility index (Phi) is 8.15. The van der Waals surface area contributed by atoms with Gasteiger partial charge in [-0.15, -0.1) is 0 Å². The van der Waals surface area contributed by atoms with Crippen LogP contribution < -0.4 is 15.0 Å². The van der Waals surface area contributed by atoms with Gasteiger partial charge in [0.05, 0.1) is 16.0 Å². The second-order valence-corrected chi connectivity index (χ2v) is 9.45. The zero-order chi connectivity index (χ0) is 25.6. The van der Waals surface area contributed by atoms with Crippen molar-refractivity contribution >= 4 is 50.6 Å². The van der Waals surface area contributed by atoms with Crippen molar-refractivity contribution in [1.82, 2.24) is 0 Å². The number of anilines is 3. The highest BCUT2D eigenvalue weighted by atomic mass is 35.5. The number of nitrogens with one attached hydrogen (secondary N) is 2. The maximum absolute atomic E-state index is 12.7. The lowest BCUT2D eigenvalue weighted by atomic mass is 10.2. The topological polar surface area (TPSA) is 137 Å². The van der Waals surface area contributed by atoms with Crippen LogP contribution in [0.3, 0.4) is 0 Å². The summed E-state index contributed by atoms with van der Waals surface area (Å²) in [5, 5.41) is 26.3. The summed E-state index contributed by atoms with van der Waals surface area (Å²) in [4.78, 5) is 12.6. The quantitative estimate of drug-likeness (QED) is 0.194. The second kappa shape index (κ2) is 11.1. The number of sulfonamides is 1. The Hall–Kier alpha value is -3.83. The van der Waals surface area contributed by atoms with E-state index in [0.717, 1.165) is 24.8 Å². The molecule has 35 heavy (non-hydrogen) atoms. The molecule has 10 nitrogen and oxygen atoms in total. The summed E-state index contributed by atoms with van der Waals surface area (Å²) in [6.07, 6.45) is 1.32. The number of phenols is 1. The average molecular weight is 518 g/mol. The summed E-state index contributed by atoms with van der Waals surface area (Å²) < 4.78 is 27.7. The lowest BCUT2D eigenvalue weighted by Gasteiger charge is -2.21. The summed E-state index contributed by atoms with van der Waals surface area (Å²) in [5.74, 6) is 0.00386. The van der Waals surface area contributed by atoms with Crippen molar-refractivity contribution in [2.45, 2.75) is 18.7 Å². The summed E-state index contributed by atoms with van der Waals surface area (Å²) >= 11 is 5.81. The fourth-order valence-electron chi connectivity index (χ4n) is 3.25. The lowest BCUT2D eigenvalue weighted by Crippen LogP contribution is -2.21. The van der Waals surface area contributed by atoms with Crippen molar-refractivity contribution in [1.29, 1.82) is 0 Å². The van der Waals surface area contributed by atoms with E-state index < -0.39 is 20.6 Å². The van der Waals surface area contributed by atoms with Gasteiger partial charge in [0.1, 0.15) is 11.4 Å². The first-order valence-corrected chi connectivity index (χ1v) is 12.4. The summed E-state index contributed by atoms with van der Waals surface area (Å²) in [6, 6.07) is 14.5. The minimum Gasteiger partial charge on any atom is -0.507 e. The largest absolute Gasteiger partial charge is 0.507 e. The van der Waals surface area contributed by atoms with Gasteiger partial charge in [-0.2, -0.15) is 5.10 Å². The molecule has 0 saturated carbocycles. The van der Waals surface area contributed by atoms with Gasteiger partial charge in [-0.25, -0.2) is 8.42 Å². The monoisotopic (exact) mass is 517 g/mol. The molecule has 0 aliphatic heterocycles. The standard InChI is InChI=1S/C23H24ClN5O5S/c1-3-28(4-2)19-10-5-16(23(30)13-19)15-25-26-21-12-11-20(14-22(21)29(31)32)35(33,34)27-18-8-6-17(24)7-9-18/h5-15,26-27,30H,3-4H2,1-2H3/b25-15+. The Balaban J connectivity index is 1.80. The molecule has 0 amide bonds. The van der Waals surface area contributed by atoms with E-state index in [4.69, 9.17) is 11.6 Å². The fraction of sp³-hybridized carbons (Fsp3) is 0.174. The number of rotatable bonds is 10. The van der Waals surface area contributed by atoms with Crippen LogP contribution in [0.25, 0.3) is 0 Å². The molecule has 0 aromatic heterocycles. The highest BCUT2D eigenvalue weighted by Gasteiger charge is 2.21. The van der Waals surface area contributed by atoms with E-state index in [0.29, 0.717) is 10.6 Å². The van der Waals surface area contributed by atoms with Gasteiger partial charge in [-0.1, -0.05) is 11.6 Å². The predicted octanol–water partition coefficient (Wildman–Crippen LogP) is 5.05. The van der Waals surface area contributed by atoms with Gasteiger partial charge in [0.2, 0.25) is 0 Å². The molecule has 3 aromatic carbocycles. The van der Waals surface area contributed by atoms with Crippen LogP contribution in [0.15, 0.2) is 70.7 Å². The fourth-order valence-corrected chi connectivity index (χ4v) is 4.46. The molecule has 0 atom stereocenters. The van der Waals surface area contributed by atoms with Gasteiger partial charge in [0.25, 0.3) is 15.7 Å². The first kappa shape index (κ1) is 25.8. The Morgan fingerprint density at radius 1 is 1.09 bits per heavy atom. The van der Waals surface area contributed by atoms with Crippen LogP contribution in [0.2, 0.25) is 5.02 Å². The number of hydrogen-bond acceptors (Lipinski definition) is 8. The Morgan fingerprint density at radius 3 is 2.37 bits per heavy atom. The molecule has 0 bridgehead atoms. The van der Waals surface area contributed by atoms with Crippen LogP contribution in [0.4, 0.5) is 22.7 Å². The molecule has 3 rings (SSSR count). The molecule has 184 valence electrons. The van der Waals surface area contributed by atoms with E-state index in [1.807, 2.05) is 19.9 Å². The Labute approximate surface area is 208 Å². The molecule has 12 heteroatoms. The zero-order valence-electron chi connectivity index (χ0n) is 19.0. The van der Waals surface area contributed by atoms with E-state index in [-0.39, 0.29) is 22.0 Å². The van der Waals surface area contributed by atoms with E-state index in [1.165, 1.54) is 42.6 Å². The SMILES string of the molecule is CCN(CC)c1ccc(/C=N/Nc2ccc(S(=O)(=O)Nc3ccc(Cl)cc3)cc2[N+](=O)[O-])c(O)c1. The zero-order valence-corrected chi connectivity index (χ0v) is 20.5. The second-order valence-electron chi connectivity index (χ2n) is 7.33. The molecular weight excluding hydrogens is 494 g/mol. The van der Waals surface area contributed by atoms with Crippen molar-refractivity contribution in [2.75, 3.05) is 28.1 Å². The van der Waals surface area contributed by atoms with Crippen LogP contribution >= 0.6 is 11.6 Å². The third-order valence-electron chi connectivity index (χ3n) is 5.10. The molecule has 3 N–H and O–H groups in total. The normalized spacial score (nSPS) is 11.4. The van der Waals surface area contributed by atoms with E-state index >= 15 is 0 Å². The number of halogens is 1. The van der Waals surface area contributed by atoms with Gasteiger partial charge < -0.3 is 10.0 Å². The van der Waals surface area contributed by atoms with Crippen molar-refractivity contribution in [3.63, 3.8) is 0 Å². The first-order valence-electron chi connectivity index (χ1n) is 10.6. The van der Waals surface area contributed by atoms with Crippen molar-refractivity contribution in [3.05, 3.63) is 81.4 Å². The summed E-state index contributed by atoms with van der Waals surface area (Å²) in [6.45, 7) is 5.60. The average Bonchev–Trinajstić information content (AvgIpc) is 2.82. The molecule has 0 saturated heterocycles. The maximum atomic E-state index is 12.7. The summed E-state index contributed by atoms with van der Waals surface area (Å²) in [7, 11) is -4.08. The molecule has 3 aromatic rings. The minimum atomic E-state index is -4.08. The molecule has 0 unspecified atom stereocenters. The molecular formula is C23H24ClN5O5S. The molecule has 0 radical (unpaired) electrons. The highest BCUT2D eigenvalue weighted by molar-refractivity contribution is 7.92. The Morgan fingerprint density at radius 2 is 1.77 bits per heavy atom. The maximum Gasteiger partial charge on any atom is 0.295 e. The van der Waals surface area contributed by atoms with Crippen molar-refractivity contribution < 1.29 is 18.4 Å². The van der Waals surface area contributed by atoms with Crippen molar-refractivity contribution in [3.8, 4) is 5.75 Å². The minimum absolute atomic E-state index is 0.00386. The highest BCUT2D eigenvalue weighted by Crippen LogP contribution is 2.29. The first-order chi connectivity index (χ1) is 16.6. The number of nitro benzene ring substituents is 1. The molecule has 0 aliphatic rings. The molecule has 0 fully saturated rings. The molecule has 0 heterocycles. The number of nitro groups is 1. The van der Waals surface area contributed by atoms with Gasteiger partial charge in [0.15, 0.2) is 0 Å². The Bertz CT molecular complexity index is 1340.